The average Bonchev–Trinajstić information content (AvgIpc) is 1.98. The van der Waals surface area contributed by atoms with Gasteiger partial charge in [-0.2, -0.15) is 10.5 Å². The Bertz CT molecular complexity index is 189. The number of hydrogen-bond acceptors (Lipinski definition) is 3. The summed E-state index contributed by atoms with van der Waals surface area (Å²) in [6.45, 7) is 8.02. The monoisotopic (exact) mass is 183 g/mol. The van der Waals surface area contributed by atoms with Gasteiger partial charge in [-0.25, -0.2) is 0 Å². The molecule has 0 saturated carbocycles. The summed E-state index contributed by atoms with van der Waals surface area (Å²) in [7, 11) is -1.25. The Morgan fingerprint density at radius 1 is 1.00 bits per heavy atom. The van der Waals surface area contributed by atoms with E-state index in [1.54, 1.807) is 0 Å². The topological polar surface area (TPSA) is 50.8 Å². The molecule has 0 amide bonds. The molecule has 0 fully saturated rings. The lowest BCUT2D eigenvalue weighted by molar-refractivity contribution is 0.328. The Hall–Kier alpha value is -0.630. The molecule has 0 rings (SSSR count). The quantitative estimate of drug-likeness (QED) is 0.631. The average molecular weight is 183 g/mol. The van der Waals surface area contributed by atoms with Crippen molar-refractivity contribution in [1.82, 2.24) is 4.67 Å². The third-order valence-corrected chi connectivity index (χ3v) is 3.24. The Kier molecular flexibility index (Phi) is 4.83. The van der Waals surface area contributed by atoms with Gasteiger partial charge in [-0.05, 0) is 27.7 Å². The van der Waals surface area contributed by atoms with Crippen molar-refractivity contribution in [3.63, 3.8) is 0 Å². The molecule has 0 heterocycles. The first-order chi connectivity index (χ1) is 5.54. The zero-order valence-corrected chi connectivity index (χ0v) is 8.84. The lowest BCUT2D eigenvalue weighted by Gasteiger charge is -2.29. The Balaban J connectivity index is 4.54. The third-order valence-electron chi connectivity index (χ3n) is 1.48. The summed E-state index contributed by atoms with van der Waals surface area (Å²) < 4.78 is 1.95. The van der Waals surface area contributed by atoms with Crippen LogP contribution in [0.3, 0.4) is 0 Å². The van der Waals surface area contributed by atoms with E-state index in [4.69, 9.17) is 10.5 Å². The molecular weight excluding hydrogens is 169 g/mol. The van der Waals surface area contributed by atoms with E-state index < -0.39 is 8.07 Å². The van der Waals surface area contributed by atoms with E-state index in [0.29, 0.717) is 0 Å². The fourth-order valence-electron chi connectivity index (χ4n) is 1.18. The van der Waals surface area contributed by atoms with Crippen LogP contribution in [-0.4, -0.2) is 16.8 Å². The van der Waals surface area contributed by atoms with Gasteiger partial charge in [0.05, 0.1) is 0 Å². The summed E-state index contributed by atoms with van der Waals surface area (Å²) >= 11 is 0. The summed E-state index contributed by atoms with van der Waals surface area (Å²) in [5.74, 6) is 4.09. The molecule has 12 heavy (non-hydrogen) atoms. The van der Waals surface area contributed by atoms with Gasteiger partial charge in [0, 0.05) is 12.1 Å². The Morgan fingerprint density at radius 3 is 1.42 bits per heavy atom. The third kappa shape index (κ3) is 2.78. The molecule has 0 aromatic heterocycles. The first-order valence-corrected chi connectivity index (χ1v) is 5.21. The highest BCUT2D eigenvalue weighted by molar-refractivity contribution is 7.65. The summed E-state index contributed by atoms with van der Waals surface area (Å²) in [5.41, 5.74) is 0. The highest BCUT2D eigenvalue weighted by Crippen LogP contribution is 2.40. The van der Waals surface area contributed by atoms with E-state index in [2.05, 4.69) is 0 Å². The molecule has 0 aromatic rings. The summed E-state index contributed by atoms with van der Waals surface area (Å²) in [4.78, 5) is 0. The molecule has 0 unspecified atom stereocenters. The number of nitrogens with zero attached hydrogens (tertiary/aromatic N) is 3. The van der Waals surface area contributed by atoms with E-state index >= 15 is 0 Å². The van der Waals surface area contributed by atoms with E-state index in [9.17, 15) is 0 Å². The molecule has 0 aliphatic carbocycles. The second-order valence-corrected chi connectivity index (χ2v) is 4.56. The minimum Gasteiger partial charge on any atom is -0.254 e. The number of rotatable bonds is 3. The molecule has 0 aliphatic rings. The molecule has 3 nitrogen and oxygen atoms in total. The predicted octanol–water partition coefficient (Wildman–Crippen LogP) is 2.46. The van der Waals surface area contributed by atoms with Crippen LogP contribution in [-0.2, 0) is 0 Å². The van der Waals surface area contributed by atoms with E-state index in [1.807, 2.05) is 44.0 Å². The van der Waals surface area contributed by atoms with Gasteiger partial charge in [-0.15, -0.1) is 0 Å². The summed E-state index contributed by atoms with van der Waals surface area (Å²) in [5, 5.41) is 17.4. The molecule has 4 heteroatoms. The number of hydrogen-bond donors (Lipinski definition) is 0. The van der Waals surface area contributed by atoms with Crippen LogP contribution in [0.2, 0.25) is 0 Å². The summed E-state index contributed by atoms with van der Waals surface area (Å²) in [6.07, 6.45) is 0. The van der Waals surface area contributed by atoms with Crippen molar-refractivity contribution >= 4 is 8.07 Å². The van der Waals surface area contributed by atoms with Gasteiger partial charge in [0.15, 0.2) is 8.07 Å². The predicted molar refractivity (Wildman–Crippen MR) is 50.3 cm³/mol. The van der Waals surface area contributed by atoms with Crippen molar-refractivity contribution in [2.24, 2.45) is 0 Å². The molecule has 0 N–H and O–H groups in total. The maximum Gasteiger partial charge on any atom is 0.184 e. The van der Waals surface area contributed by atoms with Gasteiger partial charge in [0.25, 0.3) is 0 Å². The summed E-state index contributed by atoms with van der Waals surface area (Å²) in [6, 6.07) is 0.519. The maximum atomic E-state index is 8.71. The Morgan fingerprint density at radius 2 is 1.33 bits per heavy atom. The zero-order valence-electron chi connectivity index (χ0n) is 7.94. The molecule has 0 aliphatic heterocycles. The van der Waals surface area contributed by atoms with Crippen LogP contribution in [0.15, 0.2) is 0 Å². The van der Waals surface area contributed by atoms with Crippen molar-refractivity contribution in [3.05, 3.63) is 0 Å². The molecule has 0 saturated heterocycles. The van der Waals surface area contributed by atoms with Crippen LogP contribution < -0.4 is 0 Å². The SMILES string of the molecule is CC(C)N(C(C)C)P(C#N)C#N. The maximum absolute atomic E-state index is 8.71. The molecule has 0 radical (unpaired) electrons. The van der Waals surface area contributed by atoms with Crippen LogP contribution >= 0.6 is 8.07 Å². The highest BCUT2D eigenvalue weighted by atomic mass is 31.1. The highest BCUT2D eigenvalue weighted by Gasteiger charge is 2.23. The van der Waals surface area contributed by atoms with Gasteiger partial charge in [0.1, 0.15) is 11.6 Å². The van der Waals surface area contributed by atoms with Crippen LogP contribution in [0.1, 0.15) is 27.7 Å². The molecule has 0 atom stereocenters. The zero-order chi connectivity index (χ0) is 9.72. The van der Waals surface area contributed by atoms with E-state index in [1.165, 1.54) is 0 Å². The van der Waals surface area contributed by atoms with Gasteiger partial charge >= 0.3 is 0 Å². The van der Waals surface area contributed by atoms with Crippen molar-refractivity contribution in [3.8, 4) is 11.6 Å². The fourth-order valence-corrected chi connectivity index (χ4v) is 2.36. The fraction of sp³-hybridized carbons (Fsp3) is 0.750. The molecule has 66 valence electrons. The van der Waals surface area contributed by atoms with Crippen molar-refractivity contribution in [2.45, 2.75) is 39.8 Å². The standard InChI is InChI=1S/C8H14N3P/c1-7(2)11(8(3)4)12(5-9)6-10/h7-8H,1-4H3. The van der Waals surface area contributed by atoms with Crippen LogP contribution in [0.4, 0.5) is 0 Å². The Labute approximate surface area is 75.4 Å². The molecule has 0 aromatic carbocycles. The molecule has 0 bridgehead atoms. The van der Waals surface area contributed by atoms with Crippen LogP contribution in [0, 0.1) is 22.1 Å². The molecule has 0 spiro atoms. The molecular formula is C8H14N3P. The smallest absolute Gasteiger partial charge is 0.184 e. The first-order valence-electron chi connectivity index (χ1n) is 3.92. The minimum atomic E-state index is -1.25. The van der Waals surface area contributed by atoms with E-state index in [0.717, 1.165) is 0 Å². The van der Waals surface area contributed by atoms with Gasteiger partial charge in [-0.1, -0.05) is 0 Å². The lowest BCUT2D eigenvalue weighted by Crippen LogP contribution is -2.31. The normalized spacial score (nSPS) is 10.8. The van der Waals surface area contributed by atoms with Crippen molar-refractivity contribution in [1.29, 1.82) is 10.5 Å². The van der Waals surface area contributed by atoms with Gasteiger partial charge in [0.2, 0.25) is 0 Å². The van der Waals surface area contributed by atoms with Crippen LogP contribution in [0.5, 0.6) is 0 Å². The van der Waals surface area contributed by atoms with Gasteiger partial charge < -0.3 is 0 Å². The van der Waals surface area contributed by atoms with E-state index in [-0.39, 0.29) is 12.1 Å². The first kappa shape index (κ1) is 11.4. The number of nitriles is 2. The lowest BCUT2D eigenvalue weighted by atomic mass is 10.3. The van der Waals surface area contributed by atoms with Crippen molar-refractivity contribution in [2.75, 3.05) is 0 Å². The van der Waals surface area contributed by atoms with Crippen molar-refractivity contribution < 1.29 is 0 Å². The second kappa shape index (κ2) is 5.09. The van der Waals surface area contributed by atoms with Gasteiger partial charge in [-0.3, -0.25) is 4.67 Å². The minimum absolute atomic E-state index is 0.260. The van der Waals surface area contributed by atoms with Crippen LogP contribution in [0.25, 0.3) is 0 Å². The largest absolute Gasteiger partial charge is 0.254 e. The second-order valence-electron chi connectivity index (χ2n) is 3.08.